The van der Waals surface area contributed by atoms with Gasteiger partial charge in [-0.05, 0) is 41.6 Å². The largest absolute Gasteiger partial charge is 0.366 e. The van der Waals surface area contributed by atoms with E-state index in [4.69, 9.17) is 0 Å². The van der Waals surface area contributed by atoms with E-state index in [1.807, 2.05) is 11.9 Å². The van der Waals surface area contributed by atoms with E-state index in [0.29, 0.717) is 17.8 Å². The molecule has 2 aliphatic rings. The summed E-state index contributed by atoms with van der Waals surface area (Å²) in [5.41, 5.74) is 0.295. The lowest BCUT2D eigenvalue weighted by Gasteiger charge is -2.36. The van der Waals surface area contributed by atoms with E-state index < -0.39 is 10.7 Å². The number of nitrogens with one attached hydrogen (secondary N) is 1. The standard InChI is InChI=1S/C14H17BrFN3O2/c1-18(10-4-8-2-3-9(5-10)17-8)13-7-12(16)11(15)6-14(13)19(20)21/h6-10,17H,2-5H2,1H3. The zero-order chi connectivity index (χ0) is 15.1. The molecule has 1 aromatic carbocycles. The lowest BCUT2D eigenvalue weighted by molar-refractivity contribution is -0.384. The van der Waals surface area contributed by atoms with Crippen LogP contribution >= 0.6 is 15.9 Å². The van der Waals surface area contributed by atoms with Crippen LogP contribution in [-0.4, -0.2) is 30.1 Å². The number of nitro benzene ring substituents is 1. The van der Waals surface area contributed by atoms with Gasteiger partial charge in [0.15, 0.2) is 0 Å². The number of hydrogen-bond acceptors (Lipinski definition) is 4. The minimum absolute atomic E-state index is 0.0587. The smallest absolute Gasteiger partial charge is 0.293 e. The van der Waals surface area contributed by atoms with E-state index in [9.17, 15) is 14.5 Å². The predicted octanol–water partition coefficient (Wildman–Crippen LogP) is 3.22. The molecule has 0 spiro atoms. The summed E-state index contributed by atoms with van der Waals surface area (Å²) in [6.45, 7) is 0. The van der Waals surface area contributed by atoms with Gasteiger partial charge in [0.2, 0.25) is 0 Å². The summed E-state index contributed by atoms with van der Waals surface area (Å²) in [6.07, 6.45) is 4.21. The van der Waals surface area contributed by atoms with Crippen molar-refractivity contribution in [3.05, 3.63) is 32.5 Å². The van der Waals surface area contributed by atoms with Crippen molar-refractivity contribution < 1.29 is 9.31 Å². The Morgan fingerprint density at radius 2 is 2.00 bits per heavy atom. The second-order valence-corrected chi connectivity index (χ2v) is 6.74. The van der Waals surface area contributed by atoms with Gasteiger partial charge >= 0.3 is 0 Å². The number of piperidine rings is 1. The molecular formula is C14H17BrFN3O2. The minimum Gasteiger partial charge on any atom is -0.366 e. The lowest BCUT2D eigenvalue weighted by Crippen LogP contribution is -2.47. The third-order valence-corrected chi connectivity index (χ3v) is 5.20. The number of rotatable bonds is 3. The van der Waals surface area contributed by atoms with Crippen LogP contribution in [0.5, 0.6) is 0 Å². The van der Waals surface area contributed by atoms with Crippen molar-refractivity contribution in [2.75, 3.05) is 11.9 Å². The molecule has 0 amide bonds. The molecule has 1 N–H and O–H groups in total. The summed E-state index contributed by atoms with van der Waals surface area (Å²) in [5.74, 6) is -0.473. The highest BCUT2D eigenvalue weighted by molar-refractivity contribution is 9.10. The Morgan fingerprint density at radius 1 is 1.38 bits per heavy atom. The first kappa shape index (κ1) is 14.7. The van der Waals surface area contributed by atoms with Crippen LogP contribution in [-0.2, 0) is 0 Å². The first-order chi connectivity index (χ1) is 9.95. The number of hydrogen-bond donors (Lipinski definition) is 1. The Hall–Kier alpha value is -1.21. The van der Waals surface area contributed by atoms with E-state index in [0.717, 1.165) is 25.7 Å². The Bertz CT molecular complexity index is 572. The maximum absolute atomic E-state index is 13.8. The van der Waals surface area contributed by atoms with Gasteiger partial charge in [-0.2, -0.15) is 0 Å². The molecule has 0 saturated carbocycles. The van der Waals surface area contributed by atoms with E-state index in [1.165, 1.54) is 12.1 Å². The molecule has 3 rings (SSSR count). The molecule has 2 saturated heterocycles. The van der Waals surface area contributed by atoms with Gasteiger partial charge in [0.05, 0.1) is 9.40 Å². The molecule has 2 aliphatic heterocycles. The Balaban J connectivity index is 1.92. The zero-order valence-corrected chi connectivity index (χ0v) is 13.3. The highest BCUT2D eigenvalue weighted by Crippen LogP contribution is 2.37. The molecule has 0 radical (unpaired) electrons. The van der Waals surface area contributed by atoms with Gasteiger partial charge in [-0.1, -0.05) is 0 Å². The molecule has 1 aromatic rings. The van der Waals surface area contributed by atoms with Gasteiger partial charge in [-0.15, -0.1) is 0 Å². The van der Waals surface area contributed by atoms with E-state index in [2.05, 4.69) is 21.2 Å². The zero-order valence-electron chi connectivity index (χ0n) is 11.7. The fourth-order valence-corrected chi connectivity index (χ4v) is 3.83. The molecule has 7 heteroatoms. The van der Waals surface area contributed by atoms with Gasteiger partial charge in [-0.3, -0.25) is 10.1 Å². The van der Waals surface area contributed by atoms with Crippen molar-refractivity contribution in [2.45, 2.75) is 43.8 Å². The second-order valence-electron chi connectivity index (χ2n) is 5.89. The molecule has 0 aromatic heterocycles. The molecule has 2 fully saturated rings. The van der Waals surface area contributed by atoms with Gasteiger partial charge in [-0.25, -0.2) is 4.39 Å². The van der Waals surface area contributed by atoms with Crippen LogP contribution in [0.15, 0.2) is 16.6 Å². The van der Waals surface area contributed by atoms with Crippen molar-refractivity contribution in [1.82, 2.24) is 5.32 Å². The fourth-order valence-electron chi connectivity index (χ4n) is 3.49. The number of fused-ring (bicyclic) bond motifs is 2. The molecule has 0 aliphatic carbocycles. The summed E-state index contributed by atoms with van der Waals surface area (Å²) in [4.78, 5) is 12.7. The minimum atomic E-state index is -0.473. The number of nitro groups is 1. The fraction of sp³-hybridized carbons (Fsp3) is 0.571. The Labute approximate surface area is 130 Å². The molecular weight excluding hydrogens is 341 g/mol. The lowest BCUT2D eigenvalue weighted by atomic mass is 9.98. The van der Waals surface area contributed by atoms with Crippen LogP contribution in [0, 0.1) is 15.9 Å². The van der Waals surface area contributed by atoms with Gasteiger partial charge in [0.1, 0.15) is 11.5 Å². The third-order valence-electron chi connectivity index (χ3n) is 4.59. The molecule has 2 bridgehead atoms. The summed E-state index contributed by atoms with van der Waals surface area (Å²) in [6, 6.07) is 3.68. The second kappa shape index (κ2) is 5.53. The maximum Gasteiger partial charge on any atom is 0.293 e. The van der Waals surface area contributed by atoms with Gasteiger partial charge < -0.3 is 10.2 Å². The number of nitrogens with zero attached hydrogens (tertiary/aromatic N) is 2. The Morgan fingerprint density at radius 3 is 2.57 bits per heavy atom. The van der Waals surface area contributed by atoms with Crippen LogP contribution < -0.4 is 10.2 Å². The van der Waals surface area contributed by atoms with Crippen molar-refractivity contribution in [1.29, 1.82) is 0 Å². The highest BCUT2D eigenvalue weighted by atomic mass is 79.9. The summed E-state index contributed by atoms with van der Waals surface area (Å²) >= 11 is 3.01. The summed E-state index contributed by atoms with van der Waals surface area (Å²) in [5, 5.41) is 14.8. The van der Waals surface area contributed by atoms with E-state index in [1.54, 1.807) is 0 Å². The molecule has 5 nitrogen and oxygen atoms in total. The third kappa shape index (κ3) is 2.76. The first-order valence-electron chi connectivity index (χ1n) is 7.08. The average Bonchev–Trinajstić information content (AvgIpc) is 2.79. The predicted molar refractivity (Wildman–Crippen MR) is 82.1 cm³/mol. The number of anilines is 1. The first-order valence-corrected chi connectivity index (χ1v) is 7.87. The summed E-state index contributed by atoms with van der Waals surface area (Å²) in [7, 11) is 1.82. The molecule has 2 atom stereocenters. The van der Waals surface area contributed by atoms with Crippen molar-refractivity contribution in [3.63, 3.8) is 0 Å². The van der Waals surface area contributed by atoms with Crippen molar-refractivity contribution >= 4 is 27.3 Å². The molecule has 21 heavy (non-hydrogen) atoms. The summed E-state index contributed by atoms with van der Waals surface area (Å²) < 4.78 is 13.9. The van der Waals surface area contributed by atoms with Crippen LogP contribution in [0.2, 0.25) is 0 Å². The van der Waals surface area contributed by atoms with E-state index >= 15 is 0 Å². The molecule has 2 heterocycles. The molecule has 2 unspecified atom stereocenters. The van der Waals surface area contributed by atoms with Crippen LogP contribution in [0.3, 0.4) is 0 Å². The van der Waals surface area contributed by atoms with Gasteiger partial charge in [0, 0.05) is 37.3 Å². The maximum atomic E-state index is 13.8. The average molecular weight is 358 g/mol. The normalized spacial score (nSPS) is 27.7. The Kier molecular flexibility index (Phi) is 3.88. The number of benzene rings is 1. The monoisotopic (exact) mass is 357 g/mol. The van der Waals surface area contributed by atoms with Crippen molar-refractivity contribution in [2.24, 2.45) is 0 Å². The quantitative estimate of drug-likeness (QED) is 0.666. The van der Waals surface area contributed by atoms with Crippen molar-refractivity contribution in [3.8, 4) is 0 Å². The number of halogens is 2. The SMILES string of the molecule is CN(c1cc(F)c(Br)cc1[N+](=O)[O-])C1CC2CCC(C1)N2. The van der Waals surface area contributed by atoms with Crippen LogP contribution in [0.4, 0.5) is 15.8 Å². The van der Waals surface area contributed by atoms with E-state index in [-0.39, 0.29) is 16.2 Å². The topological polar surface area (TPSA) is 58.4 Å². The van der Waals surface area contributed by atoms with Gasteiger partial charge in [0.25, 0.3) is 5.69 Å². The van der Waals surface area contributed by atoms with Crippen LogP contribution in [0.25, 0.3) is 0 Å². The van der Waals surface area contributed by atoms with Crippen LogP contribution in [0.1, 0.15) is 25.7 Å². The highest BCUT2D eigenvalue weighted by Gasteiger charge is 2.36. The molecule has 114 valence electrons.